The van der Waals surface area contributed by atoms with Crippen LogP contribution in [0.25, 0.3) is 0 Å². The topological polar surface area (TPSA) is 73.2 Å². The van der Waals surface area contributed by atoms with Crippen LogP contribution in [0.15, 0.2) is 0 Å². The van der Waals surface area contributed by atoms with E-state index in [-0.39, 0.29) is 24.3 Å². The molecule has 2 amide bonds. The van der Waals surface area contributed by atoms with Gasteiger partial charge in [0, 0.05) is 25.4 Å². The summed E-state index contributed by atoms with van der Waals surface area (Å²) in [5.74, 6) is 0.0755. The van der Waals surface area contributed by atoms with Crippen molar-refractivity contribution in [1.29, 1.82) is 5.26 Å². The van der Waals surface area contributed by atoms with Crippen molar-refractivity contribution in [3.05, 3.63) is 0 Å². The Morgan fingerprint density at radius 3 is 2.59 bits per heavy atom. The molecule has 0 bridgehead atoms. The van der Waals surface area contributed by atoms with Gasteiger partial charge in [0.2, 0.25) is 11.8 Å². The van der Waals surface area contributed by atoms with E-state index in [9.17, 15) is 9.59 Å². The van der Waals surface area contributed by atoms with E-state index in [1.54, 1.807) is 0 Å². The van der Waals surface area contributed by atoms with Crippen molar-refractivity contribution in [2.24, 2.45) is 5.92 Å². The molecule has 0 saturated carbocycles. The van der Waals surface area contributed by atoms with Gasteiger partial charge in [0.1, 0.15) is 6.54 Å². The molecule has 0 atom stereocenters. The third-order valence-electron chi connectivity index (χ3n) is 3.02. The summed E-state index contributed by atoms with van der Waals surface area (Å²) in [6.45, 7) is 3.36. The molecule has 0 aromatic heterocycles. The smallest absolute Gasteiger partial charge is 0.224 e. The SMILES string of the molecule is CCCC(=O)N1CCC(C(=O)NCC#N)CC1. The van der Waals surface area contributed by atoms with Crippen molar-refractivity contribution in [2.45, 2.75) is 32.6 Å². The van der Waals surface area contributed by atoms with Gasteiger partial charge in [-0.05, 0) is 19.3 Å². The quantitative estimate of drug-likeness (QED) is 0.730. The van der Waals surface area contributed by atoms with Crippen LogP contribution in [-0.4, -0.2) is 36.3 Å². The molecule has 1 aliphatic rings. The predicted octanol–water partition coefficient (Wildman–Crippen LogP) is 0.665. The molecule has 1 N–H and O–H groups in total. The van der Waals surface area contributed by atoms with E-state index in [4.69, 9.17) is 5.26 Å². The first kappa shape index (κ1) is 13.5. The molecular weight excluding hydrogens is 218 g/mol. The number of carbonyl (C=O) groups excluding carboxylic acids is 2. The molecule has 1 heterocycles. The number of nitrogens with zero attached hydrogens (tertiary/aromatic N) is 2. The number of carbonyl (C=O) groups is 2. The van der Waals surface area contributed by atoms with E-state index in [0.717, 1.165) is 6.42 Å². The largest absolute Gasteiger partial charge is 0.343 e. The summed E-state index contributed by atoms with van der Waals surface area (Å²) in [6, 6.07) is 1.88. The van der Waals surface area contributed by atoms with Gasteiger partial charge >= 0.3 is 0 Å². The highest BCUT2D eigenvalue weighted by molar-refractivity contribution is 5.80. The van der Waals surface area contributed by atoms with Gasteiger partial charge in [-0.15, -0.1) is 0 Å². The van der Waals surface area contributed by atoms with Crippen molar-refractivity contribution >= 4 is 11.8 Å². The fourth-order valence-corrected chi connectivity index (χ4v) is 2.03. The van der Waals surface area contributed by atoms with E-state index < -0.39 is 0 Å². The highest BCUT2D eigenvalue weighted by Crippen LogP contribution is 2.18. The summed E-state index contributed by atoms with van der Waals surface area (Å²) in [5, 5.41) is 10.9. The Kier molecular flexibility index (Phi) is 5.47. The minimum absolute atomic E-state index is 0.0472. The summed E-state index contributed by atoms with van der Waals surface area (Å²) in [7, 11) is 0. The van der Waals surface area contributed by atoms with E-state index in [1.165, 1.54) is 0 Å². The number of hydrogen-bond acceptors (Lipinski definition) is 3. The zero-order valence-electron chi connectivity index (χ0n) is 10.2. The highest BCUT2D eigenvalue weighted by atomic mass is 16.2. The predicted molar refractivity (Wildman–Crippen MR) is 62.8 cm³/mol. The summed E-state index contributed by atoms with van der Waals surface area (Å²) in [6.07, 6.45) is 2.85. The molecule has 0 aromatic rings. The number of piperidine rings is 1. The number of likely N-dealkylation sites (tertiary alicyclic amines) is 1. The Bertz CT molecular complexity index is 314. The molecule has 0 radical (unpaired) electrons. The minimum atomic E-state index is -0.0610. The summed E-state index contributed by atoms with van der Waals surface area (Å²) in [4.78, 5) is 25.1. The van der Waals surface area contributed by atoms with E-state index in [1.807, 2.05) is 17.9 Å². The summed E-state index contributed by atoms with van der Waals surface area (Å²) < 4.78 is 0. The normalized spacial score (nSPS) is 16.4. The number of amides is 2. The van der Waals surface area contributed by atoms with Crippen LogP contribution < -0.4 is 5.32 Å². The lowest BCUT2D eigenvalue weighted by atomic mass is 9.95. The second kappa shape index (κ2) is 6.89. The Hall–Kier alpha value is -1.57. The molecule has 5 heteroatoms. The Morgan fingerprint density at radius 2 is 2.06 bits per heavy atom. The molecule has 0 unspecified atom stereocenters. The molecule has 1 saturated heterocycles. The molecule has 0 aromatic carbocycles. The van der Waals surface area contributed by atoms with Gasteiger partial charge in [-0.2, -0.15) is 5.26 Å². The lowest BCUT2D eigenvalue weighted by Crippen LogP contribution is -2.43. The molecule has 0 aliphatic carbocycles. The molecule has 5 nitrogen and oxygen atoms in total. The van der Waals surface area contributed by atoms with E-state index in [2.05, 4.69) is 5.32 Å². The molecule has 1 aliphatic heterocycles. The third-order valence-corrected chi connectivity index (χ3v) is 3.02. The maximum Gasteiger partial charge on any atom is 0.224 e. The number of nitrogens with one attached hydrogen (secondary N) is 1. The second-order valence-electron chi connectivity index (χ2n) is 4.28. The van der Waals surface area contributed by atoms with Gasteiger partial charge in [-0.25, -0.2) is 0 Å². The first-order valence-corrected chi connectivity index (χ1v) is 6.11. The van der Waals surface area contributed by atoms with Gasteiger partial charge in [0.15, 0.2) is 0 Å². The minimum Gasteiger partial charge on any atom is -0.343 e. The van der Waals surface area contributed by atoms with Crippen LogP contribution >= 0.6 is 0 Å². The summed E-state index contributed by atoms with van der Waals surface area (Å²) in [5.41, 5.74) is 0. The van der Waals surface area contributed by atoms with Crippen LogP contribution in [0.1, 0.15) is 32.6 Å². The molecule has 1 fully saturated rings. The number of rotatable bonds is 4. The van der Waals surface area contributed by atoms with Crippen LogP contribution in [0, 0.1) is 17.2 Å². The Morgan fingerprint density at radius 1 is 1.41 bits per heavy atom. The Balaban J connectivity index is 2.33. The monoisotopic (exact) mass is 237 g/mol. The fourth-order valence-electron chi connectivity index (χ4n) is 2.03. The zero-order chi connectivity index (χ0) is 12.7. The number of nitriles is 1. The van der Waals surface area contributed by atoms with Gasteiger partial charge in [0.05, 0.1) is 6.07 Å². The van der Waals surface area contributed by atoms with Gasteiger partial charge in [-0.1, -0.05) is 6.92 Å². The standard InChI is InChI=1S/C12H19N3O2/c1-2-3-11(16)15-8-4-10(5-9-15)12(17)14-7-6-13/h10H,2-5,7-9H2,1H3,(H,14,17). The van der Waals surface area contributed by atoms with Crippen LogP contribution in [0.5, 0.6) is 0 Å². The van der Waals surface area contributed by atoms with Gasteiger partial charge < -0.3 is 10.2 Å². The van der Waals surface area contributed by atoms with E-state index >= 15 is 0 Å². The van der Waals surface area contributed by atoms with Crippen LogP contribution in [0.2, 0.25) is 0 Å². The first-order valence-electron chi connectivity index (χ1n) is 6.11. The zero-order valence-corrected chi connectivity index (χ0v) is 10.2. The Labute approximate surface area is 102 Å². The summed E-state index contributed by atoms with van der Waals surface area (Å²) >= 11 is 0. The molecule has 1 rings (SSSR count). The van der Waals surface area contributed by atoms with E-state index in [0.29, 0.717) is 32.4 Å². The van der Waals surface area contributed by atoms with Crippen LogP contribution in [0.4, 0.5) is 0 Å². The molecule has 17 heavy (non-hydrogen) atoms. The van der Waals surface area contributed by atoms with Crippen molar-refractivity contribution < 1.29 is 9.59 Å². The average molecular weight is 237 g/mol. The highest BCUT2D eigenvalue weighted by Gasteiger charge is 2.26. The van der Waals surface area contributed by atoms with Crippen LogP contribution in [-0.2, 0) is 9.59 Å². The van der Waals surface area contributed by atoms with Gasteiger partial charge in [-0.3, -0.25) is 9.59 Å². The third kappa shape index (κ3) is 4.06. The maximum atomic E-state index is 11.6. The van der Waals surface area contributed by atoms with Crippen molar-refractivity contribution in [1.82, 2.24) is 10.2 Å². The van der Waals surface area contributed by atoms with Crippen LogP contribution in [0.3, 0.4) is 0 Å². The van der Waals surface area contributed by atoms with Gasteiger partial charge in [0.25, 0.3) is 0 Å². The fraction of sp³-hybridized carbons (Fsp3) is 0.750. The molecule has 94 valence electrons. The second-order valence-corrected chi connectivity index (χ2v) is 4.28. The molecule has 0 spiro atoms. The molecular formula is C12H19N3O2. The van der Waals surface area contributed by atoms with Crippen molar-refractivity contribution in [3.63, 3.8) is 0 Å². The first-order chi connectivity index (χ1) is 8.19. The lowest BCUT2D eigenvalue weighted by Gasteiger charge is -2.31. The lowest BCUT2D eigenvalue weighted by molar-refractivity contribution is -0.135. The van der Waals surface area contributed by atoms with Crippen molar-refractivity contribution in [3.8, 4) is 6.07 Å². The maximum absolute atomic E-state index is 11.6. The van der Waals surface area contributed by atoms with Crippen molar-refractivity contribution in [2.75, 3.05) is 19.6 Å². The average Bonchev–Trinajstić information content (AvgIpc) is 2.36. The number of hydrogen-bond donors (Lipinski definition) is 1.